The van der Waals surface area contributed by atoms with E-state index in [1.54, 1.807) is 12.3 Å². The summed E-state index contributed by atoms with van der Waals surface area (Å²) in [6, 6.07) is 13.1. The fourth-order valence-corrected chi connectivity index (χ4v) is 3.76. The van der Waals surface area contributed by atoms with E-state index in [-0.39, 0.29) is 5.91 Å². The maximum absolute atomic E-state index is 12.4. The molecule has 0 atom stereocenters. The van der Waals surface area contributed by atoms with Crippen LogP contribution in [0.5, 0.6) is 11.5 Å². The smallest absolute Gasteiger partial charge is 0.263 e. The van der Waals surface area contributed by atoms with Crippen LogP contribution in [-0.2, 0) is 6.54 Å². The van der Waals surface area contributed by atoms with Gasteiger partial charge in [-0.3, -0.25) is 4.79 Å². The minimum Gasteiger partial charge on any atom is -0.486 e. The molecule has 7 heteroatoms. The van der Waals surface area contributed by atoms with Crippen molar-refractivity contribution < 1.29 is 14.3 Å². The van der Waals surface area contributed by atoms with E-state index < -0.39 is 0 Å². The average molecular weight is 387 g/mol. The molecule has 132 valence electrons. The number of carbonyl (C=O) groups excluding carboxylic acids is 1. The molecule has 4 rings (SSSR count). The number of aromatic nitrogens is 1. The molecule has 1 aliphatic rings. The highest BCUT2D eigenvalue weighted by Gasteiger charge is 2.15. The molecule has 0 saturated carbocycles. The molecule has 1 aliphatic heterocycles. The van der Waals surface area contributed by atoms with Crippen molar-refractivity contribution in [2.24, 2.45) is 0 Å². The molecule has 26 heavy (non-hydrogen) atoms. The summed E-state index contributed by atoms with van der Waals surface area (Å²) in [5, 5.41) is 4.24. The molecular weight excluding hydrogens is 372 g/mol. The summed E-state index contributed by atoms with van der Waals surface area (Å²) in [6.07, 6.45) is 1.57. The Labute approximate surface area is 159 Å². The van der Waals surface area contributed by atoms with Gasteiger partial charge in [-0.05, 0) is 23.8 Å². The average Bonchev–Trinajstić information content (AvgIpc) is 3.16. The van der Waals surface area contributed by atoms with Crippen LogP contribution in [0.1, 0.15) is 15.2 Å². The first-order chi connectivity index (χ1) is 12.7. The lowest BCUT2D eigenvalue weighted by Gasteiger charge is -2.18. The van der Waals surface area contributed by atoms with Gasteiger partial charge in [-0.15, -0.1) is 11.3 Å². The Morgan fingerprint density at radius 1 is 1.15 bits per heavy atom. The maximum Gasteiger partial charge on any atom is 0.263 e. The van der Waals surface area contributed by atoms with E-state index >= 15 is 0 Å². The number of carbonyl (C=O) groups is 1. The molecule has 3 aromatic rings. The molecule has 0 aliphatic carbocycles. The third-order valence-corrected chi connectivity index (χ3v) is 5.25. The van der Waals surface area contributed by atoms with Crippen molar-refractivity contribution in [3.05, 3.63) is 64.1 Å². The SMILES string of the molecule is O=C(NCc1ccc2c(c1)OCCO2)c1cnc(-c2ccccc2Cl)s1. The Bertz CT molecular complexity index is 957. The van der Waals surface area contributed by atoms with Crippen LogP contribution in [-0.4, -0.2) is 24.1 Å². The van der Waals surface area contributed by atoms with Crippen LogP contribution in [0, 0.1) is 0 Å². The van der Waals surface area contributed by atoms with Gasteiger partial charge in [-0.2, -0.15) is 0 Å². The number of amides is 1. The Kier molecular flexibility index (Phi) is 4.77. The van der Waals surface area contributed by atoms with E-state index in [9.17, 15) is 4.79 Å². The van der Waals surface area contributed by atoms with Crippen molar-refractivity contribution in [2.75, 3.05) is 13.2 Å². The highest BCUT2D eigenvalue weighted by molar-refractivity contribution is 7.17. The standard InChI is InChI=1S/C19H15ClN2O3S/c20-14-4-2-1-3-13(14)19-22-11-17(26-19)18(23)21-10-12-5-6-15-16(9-12)25-8-7-24-15/h1-6,9,11H,7-8,10H2,(H,21,23). The molecule has 0 radical (unpaired) electrons. The summed E-state index contributed by atoms with van der Waals surface area (Å²) in [7, 11) is 0. The number of thiazole rings is 1. The van der Waals surface area contributed by atoms with Crippen molar-refractivity contribution >= 4 is 28.8 Å². The van der Waals surface area contributed by atoms with Gasteiger partial charge in [0, 0.05) is 12.1 Å². The number of hydrogen-bond donors (Lipinski definition) is 1. The predicted octanol–water partition coefficient (Wildman–Crippen LogP) is 4.16. The Hall–Kier alpha value is -2.57. The van der Waals surface area contributed by atoms with Crippen LogP contribution in [0.4, 0.5) is 0 Å². The van der Waals surface area contributed by atoms with Crippen LogP contribution >= 0.6 is 22.9 Å². The molecule has 2 aromatic carbocycles. The van der Waals surface area contributed by atoms with E-state index in [1.807, 2.05) is 36.4 Å². The second-order valence-electron chi connectivity index (χ2n) is 5.67. The number of nitrogens with zero attached hydrogens (tertiary/aromatic N) is 1. The monoisotopic (exact) mass is 386 g/mol. The first kappa shape index (κ1) is 16.9. The molecule has 0 bridgehead atoms. The van der Waals surface area contributed by atoms with Crippen molar-refractivity contribution in [1.29, 1.82) is 0 Å². The van der Waals surface area contributed by atoms with Crippen LogP contribution in [0.2, 0.25) is 5.02 Å². The molecule has 1 amide bonds. The summed E-state index contributed by atoms with van der Waals surface area (Å²) >= 11 is 7.50. The molecular formula is C19H15ClN2O3S. The van der Waals surface area contributed by atoms with E-state index in [0.29, 0.717) is 35.4 Å². The molecule has 0 fully saturated rings. The van der Waals surface area contributed by atoms with Gasteiger partial charge >= 0.3 is 0 Å². The first-order valence-electron chi connectivity index (χ1n) is 8.08. The van der Waals surface area contributed by atoms with Gasteiger partial charge in [0.25, 0.3) is 5.91 Å². The highest BCUT2D eigenvalue weighted by atomic mass is 35.5. The fourth-order valence-electron chi connectivity index (χ4n) is 2.61. The van der Waals surface area contributed by atoms with Gasteiger partial charge in [0.2, 0.25) is 0 Å². The van der Waals surface area contributed by atoms with Crippen molar-refractivity contribution in [3.8, 4) is 22.1 Å². The third kappa shape index (κ3) is 3.52. The number of hydrogen-bond acceptors (Lipinski definition) is 5. The first-order valence-corrected chi connectivity index (χ1v) is 9.27. The summed E-state index contributed by atoms with van der Waals surface area (Å²) in [6.45, 7) is 1.49. The predicted molar refractivity (Wildman–Crippen MR) is 101 cm³/mol. The minimum atomic E-state index is -0.171. The van der Waals surface area contributed by atoms with Gasteiger partial charge in [-0.25, -0.2) is 4.98 Å². The lowest BCUT2D eigenvalue weighted by atomic mass is 10.2. The van der Waals surface area contributed by atoms with Crippen LogP contribution in [0.3, 0.4) is 0 Å². The molecule has 0 spiro atoms. The molecule has 5 nitrogen and oxygen atoms in total. The van der Waals surface area contributed by atoms with E-state index in [1.165, 1.54) is 11.3 Å². The van der Waals surface area contributed by atoms with E-state index in [0.717, 1.165) is 21.9 Å². The summed E-state index contributed by atoms with van der Waals surface area (Å²) in [5.41, 5.74) is 1.77. The lowest BCUT2D eigenvalue weighted by molar-refractivity contribution is 0.0954. The number of fused-ring (bicyclic) bond motifs is 1. The van der Waals surface area contributed by atoms with Crippen LogP contribution < -0.4 is 14.8 Å². The normalized spacial score (nSPS) is 12.7. The minimum absolute atomic E-state index is 0.171. The zero-order chi connectivity index (χ0) is 17.9. The molecule has 1 aromatic heterocycles. The Morgan fingerprint density at radius 2 is 1.96 bits per heavy atom. The number of halogens is 1. The number of nitrogens with one attached hydrogen (secondary N) is 1. The van der Waals surface area contributed by atoms with Gasteiger partial charge in [-0.1, -0.05) is 35.9 Å². The number of ether oxygens (including phenoxy) is 2. The van der Waals surface area contributed by atoms with E-state index in [2.05, 4.69) is 10.3 Å². The molecule has 0 unspecified atom stereocenters. The third-order valence-electron chi connectivity index (χ3n) is 3.89. The molecule has 2 heterocycles. The molecule has 0 saturated heterocycles. The number of rotatable bonds is 4. The molecule has 1 N–H and O–H groups in total. The van der Waals surface area contributed by atoms with Crippen LogP contribution in [0.15, 0.2) is 48.7 Å². The lowest BCUT2D eigenvalue weighted by Crippen LogP contribution is -2.22. The second kappa shape index (κ2) is 7.35. The van der Waals surface area contributed by atoms with Crippen molar-refractivity contribution in [1.82, 2.24) is 10.3 Å². The van der Waals surface area contributed by atoms with E-state index in [4.69, 9.17) is 21.1 Å². The van der Waals surface area contributed by atoms with Crippen LogP contribution in [0.25, 0.3) is 10.6 Å². The van der Waals surface area contributed by atoms with Gasteiger partial charge < -0.3 is 14.8 Å². The second-order valence-corrected chi connectivity index (χ2v) is 7.11. The van der Waals surface area contributed by atoms with Gasteiger partial charge in [0.1, 0.15) is 23.1 Å². The summed E-state index contributed by atoms with van der Waals surface area (Å²) in [4.78, 5) is 17.3. The quantitative estimate of drug-likeness (QED) is 0.731. The van der Waals surface area contributed by atoms with Gasteiger partial charge in [0.15, 0.2) is 11.5 Å². The zero-order valence-electron chi connectivity index (χ0n) is 13.7. The summed E-state index contributed by atoms with van der Waals surface area (Å²) < 4.78 is 11.1. The highest BCUT2D eigenvalue weighted by Crippen LogP contribution is 2.32. The fraction of sp³-hybridized carbons (Fsp3) is 0.158. The topological polar surface area (TPSA) is 60.5 Å². The van der Waals surface area contributed by atoms with Crippen molar-refractivity contribution in [2.45, 2.75) is 6.54 Å². The van der Waals surface area contributed by atoms with Gasteiger partial charge in [0.05, 0.1) is 11.2 Å². The largest absolute Gasteiger partial charge is 0.486 e. The maximum atomic E-state index is 12.4. The number of benzene rings is 2. The van der Waals surface area contributed by atoms with Crippen molar-refractivity contribution in [3.63, 3.8) is 0 Å². The summed E-state index contributed by atoms with van der Waals surface area (Å²) in [5.74, 6) is 1.27. The Balaban J connectivity index is 1.43. The zero-order valence-corrected chi connectivity index (χ0v) is 15.3. The Morgan fingerprint density at radius 3 is 2.81 bits per heavy atom.